The van der Waals surface area contributed by atoms with E-state index in [9.17, 15) is 18.0 Å². The smallest absolute Gasteiger partial charge is 0.334 e. The van der Waals surface area contributed by atoms with Gasteiger partial charge < -0.3 is 4.90 Å². The number of thioether (sulfide) groups is 1. The molecule has 0 aromatic heterocycles. The number of alkyl halides is 3. The van der Waals surface area contributed by atoms with E-state index in [4.69, 9.17) is 0 Å². The molecular formula is C14H15BrF3NOS. The van der Waals surface area contributed by atoms with Gasteiger partial charge in [0, 0.05) is 28.1 Å². The molecule has 2 nitrogen and oxygen atoms in total. The summed E-state index contributed by atoms with van der Waals surface area (Å²) in [6.45, 7) is 4.50. The highest BCUT2D eigenvalue weighted by Gasteiger charge is 2.34. The van der Waals surface area contributed by atoms with Crippen LogP contribution in [0.1, 0.15) is 29.8 Å². The van der Waals surface area contributed by atoms with Crippen molar-refractivity contribution in [2.75, 3.05) is 12.3 Å². The van der Waals surface area contributed by atoms with Gasteiger partial charge in [0.1, 0.15) is 0 Å². The highest BCUT2D eigenvalue weighted by Crippen LogP contribution is 2.33. The van der Waals surface area contributed by atoms with E-state index in [0.29, 0.717) is 11.0 Å². The Morgan fingerprint density at radius 3 is 2.67 bits per heavy atom. The Hall–Kier alpha value is -0.690. The van der Waals surface area contributed by atoms with Crippen LogP contribution in [-0.2, 0) is 6.18 Å². The fraction of sp³-hybridized carbons (Fsp3) is 0.500. The number of hydrogen-bond acceptors (Lipinski definition) is 2. The van der Waals surface area contributed by atoms with Crippen LogP contribution in [0.25, 0.3) is 0 Å². The van der Waals surface area contributed by atoms with Gasteiger partial charge in [0.2, 0.25) is 0 Å². The minimum Gasteiger partial charge on any atom is -0.334 e. The SMILES string of the molecule is CC1SCCN(C(=O)c2cc(C(F)(F)F)ccc2Br)C1C. The predicted molar refractivity (Wildman–Crippen MR) is 81.6 cm³/mol. The van der Waals surface area contributed by atoms with Crippen molar-refractivity contribution >= 4 is 33.6 Å². The molecule has 1 amide bonds. The quantitative estimate of drug-likeness (QED) is 0.716. The zero-order valence-corrected chi connectivity index (χ0v) is 14.0. The Bertz CT molecular complexity index is 550. The maximum absolute atomic E-state index is 12.8. The first-order chi connectivity index (χ1) is 9.71. The third-order valence-corrected chi connectivity index (χ3v) is 5.70. The largest absolute Gasteiger partial charge is 0.416 e. The van der Waals surface area contributed by atoms with E-state index >= 15 is 0 Å². The van der Waals surface area contributed by atoms with E-state index in [1.165, 1.54) is 6.07 Å². The van der Waals surface area contributed by atoms with Crippen molar-refractivity contribution < 1.29 is 18.0 Å². The summed E-state index contributed by atoms with van der Waals surface area (Å²) >= 11 is 4.95. The summed E-state index contributed by atoms with van der Waals surface area (Å²) in [6.07, 6.45) is -4.45. The summed E-state index contributed by atoms with van der Waals surface area (Å²) in [5.74, 6) is 0.445. The molecule has 1 fully saturated rings. The number of nitrogens with zero attached hydrogens (tertiary/aromatic N) is 1. The Labute approximate surface area is 134 Å². The molecule has 1 aromatic carbocycles. The number of benzene rings is 1. The number of carbonyl (C=O) groups excluding carboxylic acids is 1. The molecule has 21 heavy (non-hydrogen) atoms. The number of hydrogen-bond donors (Lipinski definition) is 0. The molecular weight excluding hydrogens is 367 g/mol. The Morgan fingerprint density at radius 2 is 2.05 bits per heavy atom. The Kier molecular flexibility index (Phi) is 4.92. The molecule has 0 N–H and O–H groups in total. The normalized spacial score (nSPS) is 23.2. The Balaban J connectivity index is 2.34. The van der Waals surface area contributed by atoms with Crippen molar-refractivity contribution in [3.63, 3.8) is 0 Å². The summed E-state index contributed by atoms with van der Waals surface area (Å²) in [5, 5.41) is 0.271. The second-order valence-corrected chi connectivity index (χ2v) is 7.35. The number of amides is 1. The fourth-order valence-electron chi connectivity index (χ4n) is 2.24. The lowest BCUT2D eigenvalue weighted by molar-refractivity contribution is -0.137. The van der Waals surface area contributed by atoms with Crippen LogP contribution in [-0.4, -0.2) is 34.4 Å². The minimum absolute atomic E-state index is 0.00214. The Morgan fingerprint density at radius 1 is 1.38 bits per heavy atom. The molecule has 2 atom stereocenters. The first-order valence-electron chi connectivity index (χ1n) is 6.51. The average Bonchev–Trinajstić information content (AvgIpc) is 2.40. The molecule has 1 aliphatic rings. The lowest BCUT2D eigenvalue weighted by Gasteiger charge is -2.37. The summed E-state index contributed by atoms with van der Waals surface area (Å²) in [5.41, 5.74) is -0.739. The van der Waals surface area contributed by atoms with Gasteiger partial charge in [-0.1, -0.05) is 6.92 Å². The van der Waals surface area contributed by atoms with Crippen LogP contribution in [0, 0.1) is 0 Å². The fourth-order valence-corrected chi connectivity index (χ4v) is 3.76. The molecule has 1 saturated heterocycles. The highest BCUT2D eigenvalue weighted by atomic mass is 79.9. The third-order valence-electron chi connectivity index (χ3n) is 3.67. The lowest BCUT2D eigenvalue weighted by Crippen LogP contribution is -2.48. The van der Waals surface area contributed by atoms with Gasteiger partial charge >= 0.3 is 6.18 Å². The van der Waals surface area contributed by atoms with Gasteiger partial charge in [0.05, 0.1) is 11.1 Å². The summed E-state index contributed by atoms with van der Waals surface area (Å²) < 4.78 is 38.8. The summed E-state index contributed by atoms with van der Waals surface area (Å²) in [7, 11) is 0. The van der Waals surface area contributed by atoms with Crippen molar-refractivity contribution in [3.8, 4) is 0 Å². The van der Waals surface area contributed by atoms with E-state index in [1.54, 1.807) is 16.7 Å². The second-order valence-electron chi connectivity index (χ2n) is 5.01. The van der Waals surface area contributed by atoms with E-state index in [0.717, 1.165) is 17.9 Å². The van der Waals surface area contributed by atoms with E-state index in [2.05, 4.69) is 15.9 Å². The van der Waals surface area contributed by atoms with Crippen LogP contribution in [0.3, 0.4) is 0 Å². The van der Waals surface area contributed by atoms with Crippen molar-refractivity contribution in [2.24, 2.45) is 0 Å². The number of rotatable bonds is 1. The van der Waals surface area contributed by atoms with Crippen molar-refractivity contribution in [2.45, 2.75) is 31.3 Å². The number of carbonyl (C=O) groups is 1. The molecule has 0 saturated carbocycles. The maximum Gasteiger partial charge on any atom is 0.416 e. The van der Waals surface area contributed by atoms with Gasteiger partial charge in [0.25, 0.3) is 5.91 Å². The van der Waals surface area contributed by atoms with E-state index in [1.807, 2.05) is 13.8 Å². The second kappa shape index (κ2) is 6.20. The zero-order chi connectivity index (χ0) is 15.8. The van der Waals surface area contributed by atoms with Gasteiger partial charge in [-0.2, -0.15) is 24.9 Å². The van der Waals surface area contributed by atoms with Gasteiger partial charge in [0.15, 0.2) is 0 Å². The topological polar surface area (TPSA) is 20.3 Å². The molecule has 0 radical (unpaired) electrons. The zero-order valence-electron chi connectivity index (χ0n) is 11.6. The molecule has 0 spiro atoms. The third kappa shape index (κ3) is 3.56. The predicted octanol–water partition coefficient (Wildman–Crippen LogP) is 4.43. The first-order valence-corrected chi connectivity index (χ1v) is 8.35. The molecule has 1 heterocycles. The molecule has 2 unspecified atom stereocenters. The van der Waals surface area contributed by atoms with Gasteiger partial charge in [-0.3, -0.25) is 4.79 Å². The molecule has 7 heteroatoms. The van der Waals surface area contributed by atoms with Crippen LogP contribution in [0.5, 0.6) is 0 Å². The standard InChI is InChI=1S/C14H15BrF3NOS/c1-8-9(2)21-6-5-19(8)13(20)11-7-10(14(16,17)18)3-4-12(11)15/h3-4,7-9H,5-6H2,1-2H3. The molecule has 0 bridgehead atoms. The lowest BCUT2D eigenvalue weighted by atomic mass is 10.1. The molecule has 1 aromatic rings. The molecule has 116 valence electrons. The minimum atomic E-state index is -4.45. The average molecular weight is 382 g/mol. The molecule has 0 aliphatic carbocycles. The van der Waals surface area contributed by atoms with Crippen molar-refractivity contribution in [3.05, 3.63) is 33.8 Å². The summed E-state index contributed by atoms with van der Waals surface area (Å²) in [4.78, 5) is 14.2. The van der Waals surface area contributed by atoms with Gasteiger partial charge in [-0.05, 0) is 41.1 Å². The van der Waals surface area contributed by atoms with Gasteiger partial charge in [-0.15, -0.1) is 0 Å². The van der Waals surface area contributed by atoms with E-state index in [-0.39, 0.29) is 22.8 Å². The molecule has 1 aliphatic heterocycles. The van der Waals surface area contributed by atoms with Crippen LogP contribution in [0.15, 0.2) is 22.7 Å². The van der Waals surface area contributed by atoms with Crippen molar-refractivity contribution in [1.29, 1.82) is 0 Å². The highest BCUT2D eigenvalue weighted by molar-refractivity contribution is 9.10. The van der Waals surface area contributed by atoms with E-state index < -0.39 is 11.7 Å². The van der Waals surface area contributed by atoms with Crippen LogP contribution in [0.4, 0.5) is 13.2 Å². The molecule has 2 rings (SSSR count). The van der Waals surface area contributed by atoms with Crippen molar-refractivity contribution in [1.82, 2.24) is 4.90 Å². The maximum atomic E-state index is 12.8. The monoisotopic (exact) mass is 381 g/mol. The number of halogens is 4. The van der Waals surface area contributed by atoms with Crippen LogP contribution >= 0.6 is 27.7 Å². The van der Waals surface area contributed by atoms with Crippen LogP contribution < -0.4 is 0 Å². The summed E-state index contributed by atoms with van der Waals surface area (Å²) in [6, 6.07) is 3.17. The van der Waals surface area contributed by atoms with Gasteiger partial charge in [-0.25, -0.2) is 0 Å². The first kappa shape index (κ1) is 16.7. The van der Waals surface area contributed by atoms with Crippen LogP contribution in [0.2, 0.25) is 0 Å².